The summed E-state index contributed by atoms with van der Waals surface area (Å²) in [7, 11) is 0. The molecule has 414 valence electrons. The number of hydrogen-bond donors (Lipinski definition) is 8. The number of aliphatic hydroxyl groups is 5. The maximum absolute atomic E-state index is 13.6. The molecule has 74 heavy (non-hydrogen) atoms. The Balaban J connectivity index is 1.04. The van der Waals surface area contributed by atoms with Crippen LogP contribution in [0.15, 0.2) is 30.5 Å². The quantitative estimate of drug-likeness (QED) is 0.0102. The number of carbonyl (C=O) groups excluding carboxylic acids is 3. The Kier molecular flexibility index (Phi) is 26.4. The molecule has 1 saturated heterocycles. The van der Waals surface area contributed by atoms with Gasteiger partial charge in [0.1, 0.15) is 24.5 Å². The molecule has 0 aliphatic carbocycles. The molecule has 4 rings (SSSR count). The first-order chi connectivity index (χ1) is 35.4. The number of aliphatic carboxylic acids is 1. The minimum absolute atomic E-state index is 0.0281. The van der Waals surface area contributed by atoms with Crippen LogP contribution in [0.1, 0.15) is 56.2 Å². The number of benzene rings is 2. The van der Waals surface area contributed by atoms with Crippen molar-refractivity contribution in [3.63, 3.8) is 0 Å². The van der Waals surface area contributed by atoms with Gasteiger partial charge in [-0.3, -0.25) is 14.4 Å². The zero-order chi connectivity index (χ0) is 54.2. The van der Waals surface area contributed by atoms with Gasteiger partial charge in [-0.25, -0.2) is 22.6 Å². The molecule has 0 spiro atoms. The standard InChI is InChI=1S/C46H61ClF5N5O17/c47-28-8-6-27(7-9-28)21-33(62)53-23-31(60)42(65)44-41(54-34(63)25-58)30(59)22-46(74-44,45(66)67)32(61)5-3-1-2-4-12-72-26-29-24-57(56-55-29)11-14-69-16-18-71-20-19-70-17-15-68-13-10-35(64)73-43-39(51)37(49)36(48)38(50)40(43)52/h6-9,24,30-32,41-42,44,58-61,65H,1-5,10-23,25-26H2,(H,53,62)(H,54,63)(H,66,67)/t30-,31+,32?,41+,42+,44+,46-/m0/s1. The van der Waals surface area contributed by atoms with E-state index in [1.54, 1.807) is 35.1 Å². The number of unbranched alkanes of at least 4 members (excludes halogenated alkanes) is 3. The summed E-state index contributed by atoms with van der Waals surface area (Å²) in [6.07, 6.45) is -6.65. The second kappa shape index (κ2) is 31.8. The topological polar surface area (TPSA) is 309 Å². The van der Waals surface area contributed by atoms with Crippen LogP contribution in [-0.4, -0.2) is 184 Å². The monoisotopic (exact) mass is 1090 g/mol. The predicted molar refractivity (Wildman–Crippen MR) is 244 cm³/mol. The molecule has 28 heteroatoms. The van der Waals surface area contributed by atoms with Crippen LogP contribution in [0.4, 0.5) is 22.0 Å². The van der Waals surface area contributed by atoms with Crippen molar-refractivity contribution in [1.29, 1.82) is 0 Å². The van der Waals surface area contributed by atoms with Gasteiger partial charge in [-0.05, 0) is 30.5 Å². The van der Waals surface area contributed by atoms with E-state index in [1.165, 1.54) is 0 Å². The first kappa shape index (κ1) is 61.5. The first-order valence-corrected chi connectivity index (χ1v) is 23.8. The van der Waals surface area contributed by atoms with Crippen molar-refractivity contribution in [2.45, 2.75) is 107 Å². The van der Waals surface area contributed by atoms with Crippen molar-refractivity contribution in [3.05, 3.63) is 75.8 Å². The summed E-state index contributed by atoms with van der Waals surface area (Å²) in [6.45, 7) is 0.576. The molecule has 1 aliphatic heterocycles. The van der Waals surface area contributed by atoms with Crippen molar-refractivity contribution in [2.75, 3.05) is 72.6 Å². The van der Waals surface area contributed by atoms with Crippen LogP contribution < -0.4 is 15.4 Å². The average molecular weight is 1090 g/mol. The van der Waals surface area contributed by atoms with Gasteiger partial charge >= 0.3 is 11.9 Å². The molecule has 8 N–H and O–H groups in total. The number of hydrogen-bond acceptors (Lipinski definition) is 18. The highest BCUT2D eigenvalue weighted by molar-refractivity contribution is 6.30. The number of halogens is 6. The fourth-order valence-electron chi connectivity index (χ4n) is 7.35. The number of amides is 2. The number of ether oxygens (including phenoxy) is 7. The summed E-state index contributed by atoms with van der Waals surface area (Å²) in [5.41, 5.74) is -1.28. The molecule has 0 saturated carbocycles. The fourth-order valence-corrected chi connectivity index (χ4v) is 7.48. The summed E-state index contributed by atoms with van der Waals surface area (Å²) in [5, 5.41) is 77.3. The first-order valence-electron chi connectivity index (χ1n) is 23.4. The number of rotatable bonds is 35. The van der Waals surface area contributed by atoms with E-state index in [9.17, 15) is 71.8 Å². The summed E-state index contributed by atoms with van der Waals surface area (Å²) in [4.78, 5) is 49.1. The summed E-state index contributed by atoms with van der Waals surface area (Å²) < 4.78 is 106. The van der Waals surface area contributed by atoms with Gasteiger partial charge in [-0.1, -0.05) is 48.2 Å². The van der Waals surface area contributed by atoms with E-state index in [2.05, 4.69) is 25.7 Å². The van der Waals surface area contributed by atoms with E-state index >= 15 is 0 Å². The van der Waals surface area contributed by atoms with Crippen LogP contribution in [0.2, 0.25) is 5.02 Å². The van der Waals surface area contributed by atoms with E-state index in [0.717, 1.165) is 0 Å². The van der Waals surface area contributed by atoms with Gasteiger partial charge in [0.2, 0.25) is 46.6 Å². The van der Waals surface area contributed by atoms with Crippen molar-refractivity contribution < 1.29 is 105 Å². The number of aromatic nitrogens is 3. The molecule has 0 bridgehead atoms. The minimum Gasteiger partial charge on any atom is -0.479 e. The van der Waals surface area contributed by atoms with Crippen LogP contribution in [0.3, 0.4) is 0 Å². The Morgan fingerprint density at radius 1 is 0.797 bits per heavy atom. The molecule has 2 amide bonds. The highest BCUT2D eigenvalue weighted by Crippen LogP contribution is 2.37. The second-order valence-corrected chi connectivity index (χ2v) is 17.2. The molecule has 1 unspecified atom stereocenters. The van der Waals surface area contributed by atoms with Gasteiger partial charge in [0, 0.05) is 24.6 Å². The zero-order valence-electron chi connectivity index (χ0n) is 40.0. The minimum atomic E-state index is -2.47. The largest absolute Gasteiger partial charge is 0.479 e. The third-order valence-electron chi connectivity index (χ3n) is 11.3. The lowest BCUT2D eigenvalue weighted by Crippen LogP contribution is -2.70. The Morgan fingerprint density at radius 3 is 2.01 bits per heavy atom. The third-order valence-corrected chi connectivity index (χ3v) is 11.5. The van der Waals surface area contributed by atoms with Crippen molar-refractivity contribution in [3.8, 4) is 5.75 Å². The number of carboxylic acid groups (broad SMARTS) is 1. The number of carbonyl (C=O) groups is 4. The van der Waals surface area contributed by atoms with E-state index in [0.29, 0.717) is 61.7 Å². The normalized spacial score (nSPS) is 18.9. The van der Waals surface area contributed by atoms with Gasteiger partial charge in [-0.15, -0.1) is 5.10 Å². The number of esters is 1. The number of carboxylic acids is 1. The van der Waals surface area contributed by atoms with Crippen LogP contribution in [0, 0.1) is 29.1 Å². The average Bonchev–Trinajstić information content (AvgIpc) is 3.84. The Morgan fingerprint density at radius 2 is 1.39 bits per heavy atom. The SMILES string of the molecule is O=C(Cc1ccc(Cl)cc1)NC[C@@H](O)[C@@H](O)[C@@H]1O[C@](C(=O)O)(C(O)CCCCCCOCc2cn(CCOCCOCCOCCOCCC(=O)Oc3c(F)c(F)c(F)c(F)c3F)nn2)C[C@H](O)[C@H]1NC(=O)CO. The third kappa shape index (κ3) is 19.3. The van der Waals surface area contributed by atoms with E-state index in [4.69, 9.17) is 40.0 Å². The molecule has 7 atom stereocenters. The number of nitrogens with one attached hydrogen (secondary N) is 2. The molecule has 3 aromatic rings. The van der Waals surface area contributed by atoms with Crippen LogP contribution >= 0.6 is 11.6 Å². The highest BCUT2D eigenvalue weighted by atomic mass is 35.5. The number of aliphatic hydroxyl groups excluding tert-OH is 5. The molecule has 1 aliphatic rings. The van der Waals surface area contributed by atoms with E-state index < -0.39 is 127 Å². The molecular formula is C46H61ClF5N5O17. The maximum atomic E-state index is 13.6. The van der Waals surface area contributed by atoms with Crippen LogP contribution in [0.5, 0.6) is 5.75 Å². The van der Waals surface area contributed by atoms with Crippen molar-refractivity contribution >= 4 is 35.4 Å². The lowest BCUT2D eigenvalue weighted by molar-refractivity contribution is -0.251. The predicted octanol–water partition coefficient (Wildman–Crippen LogP) is 1.05. The molecular weight excluding hydrogens is 1020 g/mol. The maximum Gasteiger partial charge on any atom is 0.338 e. The lowest BCUT2D eigenvalue weighted by atomic mass is 9.79. The second-order valence-electron chi connectivity index (χ2n) is 16.8. The molecule has 1 fully saturated rings. The summed E-state index contributed by atoms with van der Waals surface area (Å²) in [5.74, 6) is -17.5. The highest BCUT2D eigenvalue weighted by Gasteiger charge is 2.58. The molecule has 2 heterocycles. The molecule has 0 radical (unpaired) electrons. The molecule has 1 aromatic heterocycles. The molecule has 22 nitrogen and oxygen atoms in total. The van der Waals surface area contributed by atoms with Crippen LogP contribution in [-0.2, 0) is 67.2 Å². The van der Waals surface area contributed by atoms with Gasteiger partial charge in [0.05, 0.1) is 109 Å². The van der Waals surface area contributed by atoms with Gasteiger partial charge < -0.3 is 74.4 Å². The summed E-state index contributed by atoms with van der Waals surface area (Å²) in [6, 6.07) is 4.91. The molecule has 2 aromatic carbocycles. The van der Waals surface area contributed by atoms with Crippen molar-refractivity contribution in [1.82, 2.24) is 25.6 Å². The Labute approximate surface area is 425 Å². The van der Waals surface area contributed by atoms with Gasteiger partial charge in [-0.2, -0.15) is 8.78 Å². The Bertz CT molecular complexity index is 2210. The van der Waals surface area contributed by atoms with Gasteiger partial charge in [0.25, 0.3) is 0 Å². The number of nitrogens with zero attached hydrogens (tertiary/aromatic N) is 3. The van der Waals surface area contributed by atoms with E-state index in [1.807, 2.05) is 0 Å². The van der Waals surface area contributed by atoms with Crippen LogP contribution in [0.25, 0.3) is 0 Å². The van der Waals surface area contributed by atoms with Gasteiger partial charge in [0.15, 0.2) is 5.60 Å². The lowest BCUT2D eigenvalue weighted by Gasteiger charge is -2.48. The Hall–Kier alpha value is -5.04. The summed E-state index contributed by atoms with van der Waals surface area (Å²) >= 11 is 5.88. The smallest absolute Gasteiger partial charge is 0.338 e. The van der Waals surface area contributed by atoms with E-state index in [-0.39, 0.29) is 65.7 Å². The zero-order valence-corrected chi connectivity index (χ0v) is 40.7. The van der Waals surface area contributed by atoms with Crippen molar-refractivity contribution in [2.24, 2.45) is 0 Å². The fraction of sp³-hybridized carbons (Fsp3) is 0.609.